The molecule has 6 heteroatoms. The normalized spacial score (nSPS) is 20.1. The molecule has 1 heterocycles. The Labute approximate surface area is 144 Å². The summed E-state index contributed by atoms with van der Waals surface area (Å²) < 4.78 is 23.6. The van der Waals surface area contributed by atoms with Gasteiger partial charge in [0, 0.05) is 13.1 Å². The number of benzene rings is 1. The SMILES string of the molecule is CCCCCc1cccc(CC(=O)N2CCS(=O)(=O)C(CO)C2)c1. The summed E-state index contributed by atoms with van der Waals surface area (Å²) in [4.78, 5) is 14.0. The molecule has 0 radical (unpaired) electrons. The van der Waals surface area contributed by atoms with E-state index in [2.05, 4.69) is 19.1 Å². The summed E-state index contributed by atoms with van der Waals surface area (Å²) in [6, 6.07) is 8.06. The van der Waals surface area contributed by atoms with Gasteiger partial charge in [0.25, 0.3) is 0 Å². The topological polar surface area (TPSA) is 74.7 Å². The van der Waals surface area contributed by atoms with Gasteiger partial charge in [-0.25, -0.2) is 8.42 Å². The van der Waals surface area contributed by atoms with Crippen LogP contribution in [0.15, 0.2) is 24.3 Å². The lowest BCUT2D eigenvalue weighted by molar-refractivity contribution is -0.130. The number of aryl methyl sites for hydroxylation is 1. The van der Waals surface area contributed by atoms with Gasteiger partial charge in [0.05, 0.1) is 18.8 Å². The molecule has 1 aromatic rings. The highest BCUT2D eigenvalue weighted by Gasteiger charge is 2.34. The Morgan fingerprint density at radius 2 is 2.04 bits per heavy atom. The maximum Gasteiger partial charge on any atom is 0.227 e. The maximum absolute atomic E-state index is 12.5. The molecule has 1 saturated heterocycles. The zero-order chi connectivity index (χ0) is 17.6. The van der Waals surface area contributed by atoms with Crippen LogP contribution < -0.4 is 0 Å². The largest absolute Gasteiger partial charge is 0.395 e. The molecule has 0 aliphatic carbocycles. The quantitative estimate of drug-likeness (QED) is 0.755. The zero-order valence-corrected chi connectivity index (χ0v) is 15.1. The number of aliphatic hydroxyl groups is 1. The van der Waals surface area contributed by atoms with Crippen LogP contribution in [0.3, 0.4) is 0 Å². The lowest BCUT2D eigenvalue weighted by Crippen LogP contribution is -2.51. The fourth-order valence-corrected chi connectivity index (χ4v) is 4.46. The van der Waals surface area contributed by atoms with Crippen molar-refractivity contribution >= 4 is 15.7 Å². The van der Waals surface area contributed by atoms with Crippen molar-refractivity contribution < 1.29 is 18.3 Å². The summed E-state index contributed by atoms with van der Waals surface area (Å²) in [6.07, 6.45) is 4.83. The predicted molar refractivity (Wildman–Crippen MR) is 94.6 cm³/mol. The Hall–Kier alpha value is -1.40. The molecular formula is C18H27NO4S. The third-order valence-corrected chi connectivity index (χ3v) is 6.62. The van der Waals surface area contributed by atoms with E-state index >= 15 is 0 Å². The van der Waals surface area contributed by atoms with Crippen LogP contribution in [0.25, 0.3) is 0 Å². The summed E-state index contributed by atoms with van der Waals surface area (Å²) in [6.45, 7) is 2.05. The Balaban J connectivity index is 1.96. The van der Waals surface area contributed by atoms with Gasteiger partial charge >= 0.3 is 0 Å². The van der Waals surface area contributed by atoms with Crippen LogP contribution in [-0.2, 0) is 27.5 Å². The molecule has 24 heavy (non-hydrogen) atoms. The maximum atomic E-state index is 12.5. The molecule has 1 atom stereocenters. The molecule has 134 valence electrons. The summed E-state index contributed by atoms with van der Waals surface area (Å²) in [5.41, 5.74) is 2.20. The second-order valence-electron chi connectivity index (χ2n) is 6.47. The molecule has 1 aromatic carbocycles. The van der Waals surface area contributed by atoms with Gasteiger partial charge < -0.3 is 10.0 Å². The predicted octanol–water partition coefficient (Wildman–Crippen LogP) is 1.58. The lowest BCUT2D eigenvalue weighted by atomic mass is 10.0. The van der Waals surface area contributed by atoms with E-state index in [0.717, 1.165) is 18.4 Å². The number of hydrogen-bond acceptors (Lipinski definition) is 4. The van der Waals surface area contributed by atoms with Crippen LogP contribution in [0.4, 0.5) is 0 Å². The molecule has 0 spiro atoms. The van der Waals surface area contributed by atoms with Crippen molar-refractivity contribution in [2.75, 3.05) is 25.4 Å². The Morgan fingerprint density at radius 3 is 2.75 bits per heavy atom. The molecule has 1 amide bonds. The number of carbonyl (C=O) groups excluding carboxylic acids is 1. The second kappa shape index (κ2) is 8.62. The first kappa shape index (κ1) is 18.9. The summed E-state index contributed by atoms with van der Waals surface area (Å²) >= 11 is 0. The van der Waals surface area contributed by atoms with Crippen molar-refractivity contribution in [3.05, 3.63) is 35.4 Å². The van der Waals surface area contributed by atoms with Gasteiger partial charge in [-0.05, 0) is 24.0 Å². The molecular weight excluding hydrogens is 326 g/mol. The first-order valence-corrected chi connectivity index (χ1v) is 10.4. The summed E-state index contributed by atoms with van der Waals surface area (Å²) in [5, 5.41) is 8.39. The minimum Gasteiger partial charge on any atom is -0.395 e. The van der Waals surface area contributed by atoms with Gasteiger partial charge in [-0.15, -0.1) is 0 Å². The highest BCUT2D eigenvalue weighted by Crippen LogP contribution is 2.15. The fraction of sp³-hybridized carbons (Fsp3) is 0.611. The van der Waals surface area contributed by atoms with Gasteiger partial charge in [-0.2, -0.15) is 0 Å². The second-order valence-corrected chi connectivity index (χ2v) is 8.87. The molecule has 0 bridgehead atoms. The third kappa shape index (κ3) is 5.05. The number of amides is 1. The first-order chi connectivity index (χ1) is 11.5. The van der Waals surface area contributed by atoms with Crippen LogP contribution in [0.5, 0.6) is 0 Å². The monoisotopic (exact) mass is 353 g/mol. The third-order valence-electron chi connectivity index (χ3n) is 4.55. The van der Waals surface area contributed by atoms with Crippen LogP contribution >= 0.6 is 0 Å². The highest BCUT2D eigenvalue weighted by molar-refractivity contribution is 7.92. The number of carbonyl (C=O) groups is 1. The van der Waals surface area contributed by atoms with E-state index in [1.54, 1.807) is 4.90 Å². The van der Waals surface area contributed by atoms with Gasteiger partial charge in [0.1, 0.15) is 5.25 Å². The number of nitrogens with zero attached hydrogens (tertiary/aromatic N) is 1. The van der Waals surface area contributed by atoms with Crippen molar-refractivity contribution in [2.45, 2.75) is 44.3 Å². The molecule has 1 N–H and O–H groups in total. The lowest BCUT2D eigenvalue weighted by Gasteiger charge is -2.31. The van der Waals surface area contributed by atoms with Crippen LogP contribution in [0.2, 0.25) is 0 Å². The van der Waals surface area contributed by atoms with Crippen LogP contribution in [-0.4, -0.2) is 55.0 Å². The molecule has 0 saturated carbocycles. The molecule has 5 nitrogen and oxygen atoms in total. The fourth-order valence-electron chi connectivity index (χ4n) is 3.01. The number of sulfone groups is 1. The molecule has 1 aliphatic heterocycles. The van der Waals surface area contributed by atoms with E-state index in [-0.39, 0.29) is 31.2 Å². The number of aliphatic hydroxyl groups excluding tert-OH is 1. The van der Waals surface area contributed by atoms with E-state index in [0.29, 0.717) is 0 Å². The smallest absolute Gasteiger partial charge is 0.227 e. The van der Waals surface area contributed by atoms with Crippen molar-refractivity contribution in [1.82, 2.24) is 4.90 Å². The van der Waals surface area contributed by atoms with E-state index in [4.69, 9.17) is 0 Å². The minimum absolute atomic E-state index is 0.0684. The Morgan fingerprint density at radius 1 is 1.29 bits per heavy atom. The molecule has 2 rings (SSSR count). The molecule has 1 aliphatic rings. The number of hydrogen-bond donors (Lipinski definition) is 1. The van der Waals surface area contributed by atoms with Crippen molar-refractivity contribution in [3.8, 4) is 0 Å². The highest BCUT2D eigenvalue weighted by atomic mass is 32.2. The van der Waals surface area contributed by atoms with Gasteiger partial charge in [-0.1, -0.05) is 44.0 Å². The van der Waals surface area contributed by atoms with E-state index in [1.807, 2.05) is 12.1 Å². The zero-order valence-electron chi connectivity index (χ0n) is 14.3. The van der Waals surface area contributed by atoms with Crippen LogP contribution in [0.1, 0.15) is 37.3 Å². The first-order valence-electron chi connectivity index (χ1n) is 8.64. The van der Waals surface area contributed by atoms with Gasteiger partial charge in [0.15, 0.2) is 9.84 Å². The van der Waals surface area contributed by atoms with E-state index in [1.165, 1.54) is 18.4 Å². The van der Waals surface area contributed by atoms with E-state index in [9.17, 15) is 18.3 Å². The minimum atomic E-state index is -3.28. The van der Waals surface area contributed by atoms with Crippen molar-refractivity contribution in [1.29, 1.82) is 0 Å². The van der Waals surface area contributed by atoms with Crippen LogP contribution in [0, 0.1) is 0 Å². The van der Waals surface area contributed by atoms with Gasteiger partial charge in [-0.3, -0.25) is 4.79 Å². The number of unbranched alkanes of at least 4 members (excludes halogenated alkanes) is 2. The summed E-state index contributed by atoms with van der Waals surface area (Å²) in [5.74, 6) is -0.143. The molecule has 1 fully saturated rings. The van der Waals surface area contributed by atoms with E-state index < -0.39 is 21.7 Å². The van der Waals surface area contributed by atoms with Gasteiger partial charge in [0.2, 0.25) is 5.91 Å². The average Bonchev–Trinajstić information content (AvgIpc) is 2.55. The Bertz CT molecular complexity index is 657. The van der Waals surface area contributed by atoms with Crippen molar-refractivity contribution in [2.24, 2.45) is 0 Å². The molecule has 0 aromatic heterocycles. The Kier molecular flexibility index (Phi) is 6.80. The molecule has 1 unspecified atom stereocenters. The summed E-state index contributed by atoms with van der Waals surface area (Å²) in [7, 11) is -3.28. The standard InChI is InChI=1S/C18H27NO4S/c1-2-3-4-6-15-7-5-8-16(11-15)12-18(21)19-9-10-24(22,23)17(13-19)14-20/h5,7-8,11,17,20H,2-4,6,9-10,12-14H2,1H3. The number of rotatable bonds is 7. The van der Waals surface area contributed by atoms with Crippen molar-refractivity contribution in [3.63, 3.8) is 0 Å². The average molecular weight is 353 g/mol.